The lowest BCUT2D eigenvalue weighted by molar-refractivity contribution is 0.0950. The molecule has 3 heterocycles. The van der Waals surface area contributed by atoms with Crippen molar-refractivity contribution in [2.75, 3.05) is 26.2 Å². The third-order valence-electron chi connectivity index (χ3n) is 7.42. The third-order valence-corrected chi connectivity index (χ3v) is 7.42. The summed E-state index contributed by atoms with van der Waals surface area (Å²) >= 11 is 0. The zero-order valence-electron chi connectivity index (χ0n) is 22.0. The van der Waals surface area contributed by atoms with Gasteiger partial charge in [0.15, 0.2) is 0 Å². The SMILES string of the molecule is Cc1cc(-c2ncccc2C2=CCc3cc(ncc3C(=O)NCCCN3CCCCCC3)C=C2)ccc1F. The molecule has 1 aliphatic heterocycles. The Hall–Kier alpha value is -3.64. The number of amides is 1. The second-order valence-corrected chi connectivity index (χ2v) is 10.2. The van der Waals surface area contributed by atoms with Crippen LogP contribution in [-0.4, -0.2) is 47.0 Å². The van der Waals surface area contributed by atoms with Gasteiger partial charge in [-0.2, -0.15) is 0 Å². The van der Waals surface area contributed by atoms with Crippen LogP contribution in [0, 0.1) is 12.7 Å². The van der Waals surface area contributed by atoms with E-state index in [0.717, 1.165) is 46.6 Å². The van der Waals surface area contributed by atoms with Crippen LogP contribution in [0.2, 0.25) is 0 Å². The van der Waals surface area contributed by atoms with Crippen molar-refractivity contribution in [3.8, 4) is 11.3 Å². The van der Waals surface area contributed by atoms with Gasteiger partial charge in [0.25, 0.3) is 5.91 Å². The van der Waals surface area contributed by atoms with E-state index in [9.17, 15) is 9.18 Å². The van der Waals surface area contributed by atoms with Crippen LogP contribution in [0.15, 0.2) is 60.9 Å². The Labute approximate surface area is 224 Å². The molecule has 1 aromatic carbocycles. The van der Waals surface area contributed by atoms with E-state index in [1.807, 2.05) is 36.4 Å². The van der Waals surface area contributed by atoms with Gasteiger partial charge in [0, 0.05) is 30.1 Å². The Kier molecular flexibility index (Phi) is 8.39. The van der Waals surface area contributed by atoms with Crippen LogP contribution in [0.1, 0.15) is 64.8 Å². The molecule has 6 heteroatoms. The van der Waals surface area contributed by atoms with Gasteiger partial charge in [-0.3, -0.25) is 14.8 Å². The van der Waals surface area contributed by atoms with E-state index in [0.29, 0.717) is 24.1 Å². The molecule has 38 heavy (non-hydrogen) atoms. The smallest absolute Gasteiger partial charge is 0.253 e. The molecule has 2 aromatic heterocycles. The zero-order valence-corrected chi connectivity index (χ0v) is 22.0. The number of nitrogens with zero attached hydrogens (tertiary/aromatic N) is 3. The molecule has 2 aliphatic rings. The second-order valence-electron chi connectivity index (χ2n) is 10.2. The molecule has 1 saturated heterocycles. The van der Waals surface area contributed by atoms with E-state index in [1.54, 1.807) is 25.4 Å². The molecule has 0 radical (unpaired) electrons. The van der Waals surface area contributed by atoms with E-state index < -0.39 is 0 Å². The summed E-state index contributed by atoms with van der Waals surface area (Å²) in [5.41, 5.74) is 6.58. The molecule has 5 rings (SSSR count). The minimum atomic E-state index is -0.228. The van der Waals surface area contributed by atoms with Crippen molar-refractivity contribution in [1.82, 2.24) is 20.2 Å². The van der Waals surface area contributed by atoms with Gasteiger partial charge in [-0.1, -0.05) is 31.1 Å². The number of hydrogen-bond acceptors (Lipinski definition) is 4. The van der Waals surface area contributed by atoms with Crippen molar-refractivity contribution in [3.05, 3.63) is 94.7 Å². The number of carbonyl (C=O) groups is 1. The summed E-state index contributed by atoms with van der Waals surface area (Å²) in [4.78, 5) is 24.7. The number of carbonyl (C=O) groups excluding carboxylic acids is 1. The molecule has 0 unspecified atom stereocenters. The fraction of sp³-hybridized carbons (Fsp3) is 0.344. The van der Waals surface area contributed by atoms with Crippen LogP contribution in [-0.2, 0) is 6.42 Å². The largest absolute Gasteiger partial charge is 0.352 e. The molecule has 1 N–H and O–H groups in total. The minimum Gasteiger partial charge on any atom is -0.352 e. The molecule has 1 amide bonds. The fourth-order valence-electron chi connectivity index (χ4n) is 5.26. The number of likely N-dealkylation sites (tertiary alicyclic amines) is 1. The average Bonchev–Trinajstić information content (AvgIpc) is 3.21. The first-order valence-corrected chi connectivity index (χ1v) is 13.7. The summed E-state index contributed by atoms with van der Waals surface area (Å²) in [7, 11) is 0. The highest BCUT2D eigenvalue weighted by Crippen LogP contribution is 2.31. The van der Waals surface area contributed by atoms with Gasteiger partial charge in [-0.25, -0.2) is 4.39 Å². The van der Waals surface area contributed by atoms with Gasteiger partial charge >= 0.3 is 0 Å². The molecule has 3 aromatic rings. The second kappa shape index (κ2) is 12.3. The number of fused-ring (bicyclic) bond motifs is 2. The molecule has 1 aliphatic carbocycles. The summed E-state index contributed by atoms with van der Waals surface area (Å²) in [6.07, 6.45) is 16.3. The molecule has 0 spiro atoms. The first kappa shape index (κ1) is 26.0. The van der Waals surface area contributed by atoms with Gasteiger partial charge in [-0.15, -0.1) is 0 Å². The number of aromatic nitrogens is 2. The number of allylic oxidation sites excluding steroid dienone is 3. The number of benzene rings is 1. The lowest BCUT2D eigenvalue weighted by atomic mass is 9.94. The monoisotopic (exact) mass is 510 g/mol. The summed E-state index contributed by atoms with van der Waals surface area (Å²) < 4.78 is 13.9. The lowest BCUT2D eigenvalue weighted by Gasteiger charge is -2.19. The average molecular weight is 511 g/mol. The summed E-state index contributed by atoms with van der Waals surface area (Å²) in [5, 5.41) is 3.11. The highest BCUT2D eigenvalue weighted by molar-refractivity contribution is 5.96. The number of rotatable bonds is 7. The molecule has 1 fully saturated rings. The quantitative estimate of drug-likeness (QED) is 0.382. The Morgan fingerprint density at radius 2 is 1.89 bits per heavy atom. The molecular formula is C32H35FN4O. The van der Waals surface area contributed by atoms with E-state index in [-0.39, 0.29) is 11.7 Å². The van der Waals surface area contributed by atoms with Crippen LogP contribution in [0.3, 0.4) is 0 Å². The van der Waals surface area contributed by atoms with Gasteiger partial charge in [0.05, 0.1) is 17.0 Å². The van der Waals surface area contributed by atoms with Crippen LogP contribution < -0.4 is 5.32 Å². The number of pyridine rings is 2. The van der Waals surface area contributed by atoms with Crippen molar-refractivity contribution < 1.29 is 9.18 Å². The number of halogens is 1. The first-order valence-electron chi connectivity index (χ1n) is 13.7. The first-order chi connectivity index (χ1) is 18.6. The summed E-state index contributed by atoms with van der Waals surface area (Å²) in [6, 6.07) is 11.0. The van der Waals surface area contributed by atoms with Crippen molar-refractivity contribution >= 4 is 17.6 Å². The van der Waals surface area contributed by atoms with Crippen LogP contribution in [0.25, 0.3) is 22.9 Å². The third kappa shape index (κ3) is 6.25. The lowest BCUT2D eigenvalue weighted by Crippen LogP contribution is -2.31. The maximum Gasteiger partial charge on any atom is 0.253 e. The Bertz CT molecular complexity index is 1360. The van der Waals surface area contributed by atoms with Gasteiger partial charge in [0.2, 0.25) is 0 Å². The molecule has 5 nitrogen and oxygen atoms in total. The minimum absolute atomic E-state index is 0.0710. The van der Waals surface area contributed by atoms with Crippen molar-refractivity contribution in [1.29, 1.82) is 0 Å². The fourth-order valence-corrected chi connectivity index (χ4v) is 5.26. The molecule has 0 saturated carbocycles. The Morgan fingerprint density at radius 1 is 1.05 bits per heavy atom. The maximum absolute atomic E-state index is 13.9. The Balaban J connectivity index is 1.30. The van der Waals surface area contributed by atoms with Crippen molar-refractivity contribution in [2.24, 2.45) is 0 Å². The summed E-state index contributed by atoms with van der Waals surface area (Å²) in [5.74, 6) is -0.299. The van der Waals surface area contributed by atoms with Crippen LogP contribution in [0.4, 0.5) is 4.39 Å². The van der Waals surface area contributed by atoms with Gasteiger partial charge < -0.3 is 10.2 Å². The number of hydrogen-bond donors (Lipinski definition) is 1. The predicted octanol–water partition coefficient (Wildman–Crippen LogP) is 6.24. The van der Waals surface area contributed by atoms with E-state index in [2.05, 4.69) is 26.3 Å². The van der Waals surface area contributed by atoms with Gasteiger partial charge in [0.1, 0.15) is 5.82 Å². The predicted molar refractivity (Wildman–Crippen MR) is 151 cm³/mol. The molecular weight excluding hydrogens is 475 g/mol. The van der Waals surface area contributed by atoms with Crippen molar-refractivity contribution in [2.45, 2.75) is 45.4 Å². The number of nitrogens with one attached hydrogen (secondary N) is 1. The van der Waals surface area contributed by atoms with E-state index in [1.165, 1.54) is 44.8 Å². The zero-order chi connectivity index (χ0) is 26.3. The normalized spacial score (nSPS) is 15.8. The highest BCUT2D eigenvalue weighted by atomic mass is 19.1. The molecule has 0 atom stereocenters. The van der Waals surface area contributed by atoms with Crippen LogP contribution >= 0.6 is 0 Å². The van der Waals surface area contributed by atoms with Crippen LogP contribution in [0.5, 0.6) is 0 Å². The van der Waals surface area contributed by atoms with E-state index >= 15 is 0 Å². The topological polar surface area (TPSA) is 58.1 Å². The van der Waals surface area contributed by atoms with E-state index in [4.69, 9.17) is 0 Å². The van der Waals surface area contributed by atoms with Crippen molar-refractivity contribution in [3.63, 3.8) is 0 Å². The number of aryl methyl sites for hydroxylation is 1. The molecule has 2 bridgehead atoms. The highest BCUT2D eigenvalue weighted by Gasteiger charge is 2.16. The summed E-state index contributed by atoms with van der Waals surface area (Å²) in [6.45, 7) is 5.79. The van der Waals surface area contributed by atoms with Gasteiger partial charge in [-0.05, 0) is 105 Å². The maximum atomic E-state index is 13.9. The Morgan fingerprint density at radius 3 is 2.71 bits per heavy atom. The molecule has 196 valence electrons. The standard InChI is InChI=1S/C32H35FN4O/c1-23-20-26(12-14-30(23)33)31-28(8-6-15-34-31)24-9-10-25-21-27(13-11-24)36-22-29(25)32(38)35-16-7-19-37-17-4-2-3-5-18-37/h6,8-9,11-15,20-22H,2-5,7,10,16-19H2,1H3,(H,35,38).